The molecule has 2 saturated carbocycles. The lowest BCUT2D eigenvalue weighted by atomic mass is 9.81. The van der Waals surface area contributed by atoms with Crippen LogP contribution in [0.4, 0.5) is 0 Å². The quantitative estimate of drug-likeness (QED) is 0.847. The van der Waals surface area contributed by atoms with E-state index >= 15 is 0 Å². The Morgan fingerprint density at radius 2 is 1.65 bits per heavy atom. The van der Waals surface area contributed by atoms with E-state index in [1.807, 2.05) is 6.07 Å². The van der Waals surface area contributed by atoms with Crippen LogP contribution in [0.5, 0.6) is 0 Å². The fourth-order valence-electron chi connectivity index (χ4n) is 4.27. The summed E-state index contributed by atoms with van der Waals surface area (Å²) < 4.78 is 18.1. The molecule has 0 aromatic heterocycles. The molecule has 1 aliphatic heterocycles. The minimum absolute atomic E-state index is 0.243. The van der Waals surface area contributed by atoms with Crippen LogP contribution in [0.15, 0.2) is 30.3 Å². The predicted molar refractivity (Wildman–Crippen MR) is 75.1 cm³/mol. The summed E-state index contributed by atoms with van der Waals surface area (Å²) in [6.07, 6.45) is 5.00. The highest BCUT2D eigenvalue weighted by molar-refractivity contribution is 5.13. The predicted octanol–water partition coefficient (Wildman–Crippen LogP) is 3.13. The van der Waals surface area contributed by atoms with Gasteiger partial charge in [-0.25, -0.2) is 0 Å². The lowest BCUT2D eigenvalue weighted by Gasteiger charge is -2.41. The zero-order chi connectivity index (χ0) is 13.4. The highest BCUT2D eigenvalue weighted by Crippen LogP contribution is 2.54. The van der Waals surface area contributed by atoms with E-state index in [0.29, 0.717) is 17.9 Å². The van der Waals surface area contributed by atoms with E-state index in [0.717, 1.165) is 32.7 Å². The van der Waals surface area contributed by atoms with Gasteiger partial charge in [0, 0.05) is 11.8 Å². The Morgan fingerprint density at radius 3 is 2.30 bits per heavy atom. The van der Waals surface area contributed by atoms with Gasteiger partial charge in [0.2, 0.25) is 0 Å². The molecule has 0 unspecified atom stereocenters. The molecule has 3 atom stereocenters. The van der Waals surface area contributed by atoms with Crippen molar-refractivity contribution in [3.63, 3.8) is 0 Å². The average Bonchev–Trinajstić information content (AvgIpc) is 3.02. The Hall–Kier alpha value is -0.900. The van der Waals surface area contributed by atoms with Crippen molar-refractivity contribution in [1.29, 1.82) is 0 Å². The second kappa shape index (κ2) is 5.14. The van der Waals surface area contributed by atoms with Gasteiger partial charge in [-0.05, 0) is 31.2 Å². The molecular weight excluding hydrogens is 252 g/mol. The third kappa shape index (κ3) is 2.09. The molecule has 2 bridgehead atoms. The van der Waals surface area contributed by atoms with E-state index in [4.69, 9.17) is 14.2 Å². The second-order valence-corrected chi connectivity index (χ2v) is 6.28. The molecule has 3 heteroatoms. The number of ether oxygens (including phenoxy) is 3. The molecule has 3 fully saturated rings. The normalized spacial score (nSPS) is 34.7. The fraction of sp³-hybridized carbons (Fsp3) is 0.647. The van der Waals surface area contributed by atoms with E-state index in [1.54, 1.807) is 0 Å². The van der Waals surface area contributed by atoms with Crippen LogP contribution < -0.4 is 0 Å². The van der Waals surface area contributed by atoms with Crippen LogP contribution in [0.25, 0.3) is 0 Å². The molecule has 20 heavy (non-hydrogen) atoms. The standard InChI is InChI=1S/C17H22O3/c1-2-4-13(5-3-1)12-18-16-10-14-6-7-15(11-16)17(14)19-8-9-20-17/h1-5,14-16H,6-12H2/t14-,15+,16-. The molecule has 1 spiro atoms. The fourth-order valence-corrected chi connectivity index (χ4v) is 4.27. The lowest BCUT2D eigenvalue weighted by molar-refractivity contribution is -0.238. The zero-order valence-electron chi connectivity index (χ0n) is 11.8. The molecule has 1 heterocycles. The summed E-state index contributed by atoms with van der Waals surface area (Å²) in [7, 11) is 0. The Morgan fingerprint density at radius 1 is 1.00 bits per heavy atom. The lowest BCUT2D eigenvalue weighted by Crippen LogP contribution is -2.47. The molecule has 3 aliphatic rings. The third-order valence-electron chi connectivity index (χ3n) is 5.16. The Labute approximate surface area is 120 Å². The highest BCUT2D eigenvalue weighted by atomic mass is 16.7. The number of benzene rings is 1. The first-order valence-corrected chi connectivity index (χ1v) is 7.80. The monoisotopic (exact) mass is 274 g/mol. The molecule has 4 rings (SSSR count). The molecule has 1 aromatic carbocycles. The van der Waals surface area contributed by atoms with Crippen molar-refractivity contribution in [2.45, 2.75) is 44.2 Å². The maximum Gasteiger partial charge on any atom is 0.174 e. The van der Waals surface area contributed by atoms with Crippen LogP contribution in [0.3, 0.4) is 0 Å². The molecule has 1 saturated heterocycles. The first-order valence-electron chi connectivity index (χ1n) is 7.80. The number of hydrogen-bond donors (Lipinski definition) is 0. The molecule has 108 valence electrons. The molecule has 1 aromatic rings. The summed E-state index contributed by atoms with van der Waals surface area (Å²) in [6, 6.07) is 10.4. The topological polar surface area (TPSA) is 27.7 Å². The molecule has 0 amide bonds. The van der Waals surface area contributed by atoms with Crippen molar-refractivity contribution < 1.29 is 14.2 Å². The van der Waals surface area contributed by atoms with Gasteiger partial charge in [0.15, 0.2) is 5.79 Å². The Kier molecular flexibility index (Phi) is 3.29. The minimum atomic E-state index is -0.243. The van der Waals surface area contributed by atoms with Gasteiger partial charge in [-0.2, -0.15) is 0 Å². The summed E-state index contributed by atoms with van der Waals surface area (Å²) in [5.41, 5.74) is 1.26. The van der Waals surface area contributed by atoms with Crippen molar-refractivity contribution in [2.75, 3.05) is 13.2 Å². The molecule has 0 radical (unpaired) electrons. The third-order valence-corrected chi connectivity index (χ3v) is 5.16. The van der Waals surface area contributed by atoms with Crippen LogP contribution in [-0.2, 0) is 20.8 Å². The first-order chi connectivity index (χ1) is 9.87. The van der Waals surface area contributed by atoms with Crippen LogP contribution in [0.1, 0.15) is 31.2 Å². The SMILES string of the molecule is c1ccc(CO[C@@H]2C[C@H]3CC[C@@H](C2)C32OCCO2)cc1. The van der Waals surface area contributed by atoms with Crippen molar-refractivity contribution in [3.8, 4) is 0 Å². The highest BCUT2D eigenvalue weighted by Gasteiger charge is 2.58. The molecular formula is C17H22O3. The summed E-state index contributed by atoms with van der Waals surface area (Å²) in [5, 5.41) is 0. The number of rotatable bonds is 3. The Bertz CT molecular complexity index is 437. The van der Waals surface area contributed by atoms with Gasteiger partial charge in [0.05, 0.1) is 25.9 Å². The van der Waals surface area contributed by atoms with Gasteiger partial charge < -0.3 is 14.2 Å². The molecule has 3 nitrogen and oxygen atoms in total. The van der Waals surface area contributed by atoms with E-state index < -0.39 is 0 Å². The van der Waals surface area contributed by atoms with Crippen molar-refractivity contribution in [1.82, 2.24) is 0 Å². The van der Waals surface area contributed by atoms with Gasteiger partial charge in [0.25, 0.3) is 0 Å². The van der Waals surface area contributed by atoms with E-state index in [2.05, 4.69) is 24.3 Å². The smallest absolute Gasteiger partial charge is 0.174 e. The molecule has 0 N–H and O–H groups in total. The van der Waals surface area contributed by atoms with Crippen molar-refractivity contribution >= 4 is 0 Å². The van der Waals surface area contributed by atoms with Crippen LogP contribution >= 0.6 is 0 Å². The first kappa shape index (κ1) is 12.8. The minimum Gasteiger partial charge on any atom is -0.374 e. The van der Waals surface area contributed by atoms with Crippen LogP contribution in [-0.4, -0.2) is 25.1 Å². The maximum absolute atomic E-state index is 6.14. The average molecular weight is 274 g/mol. The summed E-state index contributed by atoms with van der Waals surface area (Å²) in [4.78, 5) is 0. The van der Waals surface area contributed by atoms with Gasteiger partial charge in [-0.1, -0.05) is 30.3 Å². The maximum atomic E-state index is 6.14. The zero-order valence-corrected chi connectivity index (χ0v) is 11.8. The van der Waals surface area contributed by atoms with Crippen LogP contribution in [0, 0.1) is 11.8 Å². The summed E-state index contributed by atoms with van der Waals surface area (Å²) in [5.74, 6) is 0.820. The van der Waals surface area contributed by atoms with E-state index in [-0.39, 0.29) is 5.79 Å². The summed E-state index contributed by atoms with van der Waals surface area (Å²) >= 11 is 0. The largest absolute Gasteiger partial charge is 0.374 e. The van der Waals surface area contributed by atoms with Crippen molar-refractivity contribution in [2.24, 2.45) is 11.8 Å². The summed E-state index contributed by atoms with van der Waals surface area (Å²) in [6.45, 7) is 2.25. The van der Waals surface area contributed by atoms with Gasteiger partial charge in [-0.15, -0.1) is 0 Å². The van der Waals surface area contributed by atoms with Gasteiger partial charge in [-0.3, -0.25) is 0 Å². The van der Waals surface area contributed by atoms with Gasteiger partial charge in [0.1, 0.15) is 0 Å². The van der Waals surface area contributed by atoms with Gasteiger partial charge >= 0.3 is 0 Å². The van der Waals surface area contributed by atoms with Crippen molar-refractivity contribution in [3.05, 3.63) is 35.9 Å². The Balaban J connectivity index is 1.39. The molecule has 2 aliphatic carbocycles. The van der Waals surface area contributed by atoms with E-state index in [1.165, 1.54) is 18.4 Å². The van der Waals surface area contributed by atoms with Crippen LogP contribution in [0.2, 0.25) is 0 Å². The van der Waals surface area contributed by atoms with E-state index in [9.17, 15) is 0 Å². The second-order valence-electron chi connectivity index (χ2n) is 6.28. The number of hydrogen-bond acceptors (Lipinski definition) is 3.